The van der Waals surface area contributed by atoms with E-state index in [1.54, 1.807) is 21.0 Å². The van der Waals surface area contributed by atoms with Gasteiger partial charge in [-0.1, -0.05) is 11.8 Å². The summed E-state index contributed by atoms with van der Waals surface area (Å²) in [6.45, 7) is 1.17. The van der Waals surface area contributed by atoms with Gasteiger partial charge in [-0.15, -0.1) is 0 Å². The molecule has 0 heterocycles. The zero-order valence-corrected chi connectivity index (χ0v) is 12.1. The summed E-state index contributed by atoms with van der Waals surface area (Å²) in [4.78, 5) is 25.2. The van der Waals surface area contributed by atoms with Gasteiger partial charge in [-0.3, -0.25) is 9.59 Å². The lowest BCUT2D eigenvalue weighted by Gasteiger charge is -2.18. The molecule has 1 unspecified atom stereocenters. The molecule has 112 valence electrons. The van der Waals surface area contributed by atoms with E-state index in [1.807, 2.05) is 0 Å². The Morgan fingerprint density at radius 1 is 1.43 bits per heavy atom. The standard InChI is InChI=1S/C15H17FN2O3/c1-10(15(21)18(2)3)17-14(20)13-9-12(16)7-6-11(13)5-4-8-19/h6-7,9-10,19H,8H2,1-3H3,(H,17,20). The number of nitrogens with zero attached hydrogens (tertiary/aromatic N) is 1. The van der Waals surface area contributed by atoms with Crippen molar-refractivity contribution >= 4 is 11.8 Å². The van der Waals surface area contributed by atoms with Gasteiger partial charge >= 0.3 is 0 Å². The number of benzene rings is 1. The summed E-state index contributed by atoms with van der Waals surface area (Å²) in [5, 5.41) is 11.2. The van der Waals surface area contributed by atoms with Crippen LogP contribution in [0, 0.1) is 17.7 Å². The third kappa shape index (κ3) is 4.58. The van der Waals surface area contributed by atoms with Crippen LogP contribution in [0.3, 0.4) is 0 Å². The fourth-order valence-corrected chi connectivity index (χ4v) is 1.67. The number of carbonyl (C=O) groups excluding carboxylic acids is 2. The Balaban J connectivity index is 3.01. The lowest BCUT2D eigenvalue weighted by molar-refractivity contribution is -0.130. The second-order valence-electron chi connectivity index (χ2n) is 4.58. The monoisotopic (exact) mass is 292 g/mol. The van der Waals surface area contributed by atoms with E-state index in [2.05, 4.69) is 17.2 Å². The minimum atomic E-state index is -0.741. The van der Waals surface area contributed by atoms with Crippen molar-refractivity contribution in [3.05, 3.63) is 35.1 Å². The molecule has 0 aliphatic heterocycles. The van der Waals surface area contributed by atoms with Crippen LogP contribution in [0.4, 0.5) is 4.39 Å². The van der Waals surface area contributed by atoms with Crippen LogP contribution in [0.2, 0.25) is 0 Å². The molecule has 0 fully saturated rings. The molecule has 1 rings (SSSR count). The smallest absolute Gasteiger partial charge is 0.253 e. The summed E-state index contributed by atoms with van der Waals surface area (Å²) in [5.41, 5.74) is 0.307. The van der Waals surface area contributed by atoms with Gasteiger partial charge in [0.05, 0.1) is 5.56 Å². The number of carbonyl (C=O) groups is 2. The Morgan fingerprint density at radius 3 is 2.67 bits per heavy atom. The molecule has 0 aliphatic carbocycles. The van der Waals surface area contributed by atoms with E-state index in [-0.39, 0.29) is 23.6 Å². The molecule has 5 nitrogen and oxygen atoms in total. The van der Waals surface area contributed by atoms with Gasteiger partial charge in [-0.25, -0.2) is 4.39 Å². The number of likely N-dealkylation sites (N-methyl/N-ethyl adjacent to an activating group) is 1. The first kappa shape index (κ1) is 16.7. The number of aliphatic hydroxyl groups is 1. The molecule has 0 bridgehead atoms. The van der Waals surface area contributed by atoms with Crippen LogP contribution in [-0.4, -0.2) is 48.6 Å². The first-order valence-corrected chi connectivity index (χ1v) is 6.28. The molecular formula is C15H17FN2O3. The summed E-state index contributed by atoms with van der Waals surface area (Å²) in [7, 11) is 3.15. The van der Waals surface area contributed by atoms with Crippen molar-refractivity contribution in [3.8, 4) is 11.8 Å². The summed E-state index contributed by atoms with van der Waals surface area (Å²) in [6, 6.07) is 2.83. The Morgan fingerprint density at radius 2 is 2.10 bits per heavy atom. The van der Waals surface area contributed by atoms with Crippen molar-refractivity contribution in [1.29, 1.82) is 0 Å². The van der Waals surface area contributed by atoms with Crippen LogP contribution < -0.4 is 5.32 Å². The highest BCUT2D eigenvalue weighted by Gasteiger charge is 2.19. The van der Waals surface area contributed by atoms with Gasteiger partial charge in [0.2, 0.25) is 5.91 Å². The Bertz CT molecular complexity index is 603. The molecule has 21 heavy (non-hydrogen) atoms. The summed E-state index contributed by atoms with van der Waals surface area (Å²) in [5.74, 6) is 3.52. The maximum Gasteiger partial charge on any atom is 0.253 e. The predicted octanol–water partition coefficient (Wildman–Crippen LogP) is 0.376. The average Bonchev–Trinajstić information content (AvgIpc) is 2.44. The van der Waals surface area contributed by atoms with E-state index in [0.717, 1.165) is 6.07 Å². The van der Waals surface area contributed by atoms with E-state index in [1.165, 1.54) is 17.0 Å². The Kier molecular flexibility index (Phi) is 5.88. The highest BCUT2D eigenvalue weighted by atomic mass is 19.1. The number of halogens is 1. The number of amides is 2. The molecule has 0 saturated carbocycles. The maximum absolute atomic E-state index is 13.3. The first-order valence-electron chi connectivity index (χ1n) is 6.28. The second kappa shape index (κ2) is 7.41. The average molecular weight is 292 g/mol. The van der Waals surface area contributed by atoms with Crippen molar-refractivity contribution in [1.82, 2.24) is 10.2 Å². The van der Waals surface area contributed by atoms with Crippen LogP contribution >= 0.6 is 0 Å². The normalized spacial score (nSPS) is 11.1. The van der Waals surface area contributed by atoms with Crippen LogP contribution in [0.1, 0.15) is 22.8 Å². The molecule has 1 aromatic rings. The van der Waals surface area contributed by atoms with E-state index < -0.39 is 17.8 Å². The van der Waals surface area contributed by atoms with Crippen molar-refractivity contribution in [2.45, 2.75) is 13.0 Å². The number of hydrogen-bond acceptors (Lipinski definition) is 3. The summed E-state index contributed by atoms with van der Waals surface area (Å²) in [6.07, 6.45) is 0. The van der Waals surface area contributed by atoms with E-state index in [0.29, 0.717) is 0 Å². The largest absolute Gasteiger partial charge is 0.384 e. The van der Waals surface area contributed by atoms with Crippen molar-refractivity contribution in [3.63, 3.8) is 0 Å². The van der Waals surface area contributed by atoms with Crippen molar-refractivity contribution in [2.75, 3.05) is 20.7 Å². The molecular weight excluding hydrogens is 275 g/mol. The minimum absolute atomic E-state index is 0.0226. The van der Waals surface area contributed by atoms with Crippen molar-refractivity contribution < 1.29 is 19.1 Å². The molecule has 2 N–H and O–H groups in total. The SMILES string of the molecule is CC(NC(=O)c1cc(F)ccc1C#CCO)C(=O)N(C)C. The first-order chi connectivity index (χ1) is 9.86. The lowest BCUT2D eigenvalue weighted by atomic mass is 10.1. The molecule has 0 radical (unpaired) electrons. The molecule has 1 atom stereocenters. The van der Waals surface area contributed by atoms with Gasteiger partial charge < -0.3 is 15.3 Å². The third-order valence-corrected chi connectivity index (χ3v) is 2.69. The summed E-state index contributed by atoms with van der Waals surface area (Å²) < 4.78 is 13.3. The van der Waals surface area contributed by atoms with Gasteiger partial charge in [0.25, 0.3) is 5.91 Å². The van der Waals surface area contributed by atoms with Gasteiger partial charge in [0.15, 0.2) is 0 Å². The quantitative estimate of drug-likeness (QED) is 0.791. The topological polar surface area (TPSA) is 69.6 Å². The minimum Gasteiger partial charge on any atom is -0.384 e. The molecule has 0 saturated heterocycles. The van der Waals surface area contributed by atoms with Crippen molar-refractivity contribution in [2.24, 2.45) is 0 Å². The molecule has 6 heteroatoms. The zero-order valence-electron chi connectivity index (χ0n) is 12.1. The molecule has 0 spiro atoms. The lowest BCUT2D eigenvalue weighted by Crippen LogP contribution is -2.44. The van der Waals surface area contributed by atoms with Gasteiger partial charge in [0, 0.05) is 19.7 Å². The Hall–Kier alpha value is -2.39. The highest BCUT2D eigenvalue weighted by molar-refractivity contribution is 5.99. The van der Waals surface area contributed by atoms with Crippen LogP contribution in [0.15, 0.2) is 18.2 Å². The third-order valence-electron chi connectivity index (χ3n) is 2.69. The van der Waals surface area contributed by atoms with E-state index >= 15 is 0 Å². The Labute approximate surface area is 122 Å². The van der Waals surface area contributed by atoms with Crippen LogP contribution in [0.5, 0.6) is 0 Å². The fraction of sp³-hybridized carbons (Fsp3) is 0.333. The van der Waals surface area contributed by atoms with E-state index in [4.69, 9.17) is 5.11 Å². The molecule has 0 aromatic heterocycles. The number of hydrogen-bond donors (Lipinski definition) is 2. The molecule has 0 aliphatic rings. The van der Waals surface area contributed by atoms with Gasteiger partial charge in [0.1, 0.15) is 18.5 Å². The predicted molar refractivity (Wildman–Crippen MR) is 76.0 cm³/mol. The number of aliphatic hydroxyl groups excluding tert-OH is 1. The van der Waals surface area contributed by atoms with Gasteiger partial charge in [-0.2, -0.15) is 0 Å². The zero-order chi connectivity index (χ0) is 16.0. The summed E-state index contributed by atoms with van der Waals surface area (Å²) >= 11 is 0. The fourth-order valence-electron chi connectivity index (χ4n) is 1.67. The van der Waals surface area contributed by atoms with Crippen LogP contribution in [0.25, 0.3) is 0 Å². The molecule has 2 amide bonds. The number of rotatable bonds is 3. The van der Waals surface area contributed by atoms with Crippen LogP contribution in [-0.2, 0) is 4.79 Å². The highest BCUT2D eigenvalue weighted by Crippen LogP contribution is 2.11. The van der Waals surface area contributed by atoms with Gasteiger partial charge in [-0.05, 0) is 25.1 Å². The molecule has 1 aromatic carbocycles. The second-order valence-corrected chi connectivity index (χ2v) is 4.58. The maximum atomic E-state index is 13.3. The van der Waals surface area contributed by atoms with E-state index in [9.17, 15) is 14.0 Å². The number of nitrogens with one attached hydrogen (secondary N) is 1.